The topological polar surface area (TPSA) is 93.5 Å². The van der Waals surface area contributed by atoms with Crippen molar-refractivity contribution in [1.82, 2.24) is 24.9 Å². The van der Waals surface area contributed by atoms with Gasteiger partial charge in [-0.15, -0.1) is 5.10 Å². The second kappa shape index (κ2) is 15.3. The lowest BCUT2D eigenvalue weighted by Crippen LogP contribution is -2.51. The van der Waals surface area contributed by atoms with Crippen LogP contribution >= 0.6 is 0 Å². The van der Waals surface area contributed by atoms with Crippen molar-refractivity contribution in [1.29, 1.82) is 0 Å². The quantitative estimate of drug-likeness (QED) is 0.282. The Kier molecular flexibility index (Phi) is 13.3. The van der Waals surface area contributed by atoms with Gasteiger partial charge in [0.05, 0.1) is 28.8 Å². The van der Waals surface area contributed by atoms with Crippen molar-refractivity contribution in [2.24, 2.45) is 10.9 Å². The molecule has 0 spiro atoms. The van der Waals surface area contributed by atoms with Gasteiger partial charge in [-0.3, -0.25) is 9.98 Å². The van der Waals surface area contributed by atoms with Crippen LogP contribution in [0.3, 0.4) is 0 Å². The molecule has 1 saturated carbocycles. The van der Waals surface area contributed by atoms with Crippen LogP contribution in [0.5, 0.6) is 0 Å². The second-order valence-corrected chi connectivity index (χ2v) is 10.0. The number of hydrogen-bond donors (Lipinski definition) is 2. The molecule has 0 aromatic carbocycles. The van der Waals surface area contributed by atoms with E-state index in [4.69, 9.17) is 13.6 Å². The minimum Gasteiger partial charge on any atom is -0.384 e. The summed E-state index contributed by atoms with van der Waals surface area (Å²) in [5.74, 6) is 1.07. The molecule has 7 nitrogen and oxygen atoms in total. The average molecular weight is 540 g/mol. The number of aromatic nitrogens is 4. The molecule has 0 atom stereocenters. The highest BCUT2D eigenvalue weighted by atomic mass is 19.3. The van der Waals surface area contributed by atoms with Crippen molar-refractivity contribution in [2.75, 3.05) is 5.73 Å². The summed E-state index contributed by atoms with van der Waals surface area (Å²) in [7, 11) is 5.98. The number of pyridine rings is 1. The normalized spacial score (nSPS) is 17.4. The lowest BCUT2D eigenvalue weighted by molar-refractivity contribution is 0.144. The molecule has 3 aromatic heterocycles. The SMILES string of the molecule is C=C(C)NC1(C)CC(C)C1.CC.CCC(F)F.[B]c1cc(-c2ccc(N=C(C)C)c(C)n2)c2cnc(N)nn12. The van der Waals surface area contributed by atoms with Crippen molar-refractivity contribution >= 4 is 36.3 Å². The zero-order chi connectivity index (χ0) is 29.9. The molecule has 0 aliphatic heterocycles. The Morgan fingerprint density at radius 2 is 1.87 bits per heavy atom. The smallest absolute Gasteiger partial charge is 0.238 e. The van der Waals surface area contributed by atoms with E-state index in [1.807, 2.05) is 59.7 Å². The van der Waals surface area contributed by atoms with E-state index in [0.29, 0.717) is 11.1 Å². The molecule has 2 radical (unpaired) electrons. The fraction of sp³-hybridized carbons (Fsp3) is 0.517. The van der Waals surface area contributed by atoms with Crippen LogP contribution in [0.1, 0.15) is 80.3 Å². The van der Waals surface area contributed by atoms with Gasteiger partial charge in [0.15, 0.2) is 0 Å². The standard InChI is InChI=1S/C15H15BN6.C9H17N.C3H6F2.C2H6/c1-8(2)19-11-4-5-12(20-9(11)3)10-6-14(16)22-13(10)7-18-15(17)21-22;1-7(2)10-9(4)5-8(3)6-9;1-2-3(4)5;1-2/h4-7H,1-3H3,(H2,17,21);8,10H,1,5-6H2,2-4H3;3H,2H2,1H3;1-2H3. The first-order chi connectivity index (χ1) is 18.2. The van der Waals surface area contributed by atoms with Gasteiger partial charge < -0.3 is 11.1 Å². The molecule has 0 unspecified atom stereocenters. The van der Waals surface area contributed by atoms with Crippen molar-refractivity contribution in [3.8, 4) is 11.3 Å². The molecule has 10 heteroatoms. The monoisotopic (exact) mass is 539 g/mol. The first-order valence-electron chi connectivity index (χ1n) is 13.4. The Bertz CT molecular complexity index is 1240. The van der Waals surface area contributed by atoms with Gasteiger partial charge in [-0.1, -0.05) is 34.3 Å². The molecule has 39 heavy (non-hydrogen) atoms. The summed E-state index contributed by atoms with van der Waals surface area (Å²) in [5, 5.41) is 7.50. The van der Waals surface area contributed by atoms with E-state index in [-0.39, 0.29) is 12.4 Å². The predicted molar refractivity (Wildman–Crippen MR) is 162 cm³/mol. The van der Waals surface area contributed by atoms with E-state index in [2.05, 4.69) is 45.8 Å². The van der Waals surface area contributed by atoms with E-state index in [9.17, 15) is 8.78 Å². The fourth-order valence-electron chi connectivity index (χ4n) is 4.39. The first kappa shape index (κ1) is 33.7. The summed E-state index contributed by atoms with van der Waals surface area (Å²) < 4.78 is 23.1. The minimum absolute atomic E-state index is 0.0278. The number of nitrogens with two attached hydrogens (primary N) is 1. The van der Waals surface area contributed by atoms with Gasteiger partial charge in [-0.25, -0.2) is 18.3 Å². The highest BCUT2D eigenvalue weighted by molar-refractivity contribution is 6.32. The van der Waals surface area contributed by atoms with E-state index in [0.717, 1.165) is 45.5 Å². The molecule has 0 amide bonds. The van der Waals surface area contributed by atoms with E-state index in [1.54, 1.807) is 10.7 Å². The van der Waals surface area contributed by atoms with Crippen molar-refractivity contribution < 1.29 is 8.78 Å². The average Bonchev–Trinajstić information content (AvgIpc) is 3.16. The van der Waals surface area contributed by atoms with Gasteiger partial charge in [0.25, 0.3) is 0 Å². The number of nitrogen functional groups attached to an aromatic ring is 1. The molecule has 212 valence electrons. The second-order valence-electron chi connectivity index (χ2n) is 10.0. The van der Waals surface area contributed by atoms with Crippen LogP contribution in [-0.2, 0) is 0 Å². The van der Waals surface area contributed by atoms with Crippen LogP contribution in [0.2, 0.25) is 0 Å². The molecule has 3 heterocycles. The number of nitrogens with zero attached hydrogens (tertiary/aromatic N) is 5. The zero-order valence-corrected chi connectivity index (χ0v) is 24.9. The van der Waals surface area contributed by atoms with Crippen LogP contribution in [-0.4, -0.2) is 45.1 Å². The fourth-order valence-corrected chi connectivity index (χ4v) is 4.39. The van der Waals surface area contributed by atoms with Crippen molar-refractivity contribution in [2.45, 2.75) is 93.5 Å². The van der Waals surface area contributed by atoms with Crippen LogP contribution in [0, 0.1) is 12.8 Å². The summed E-state index contributed by atoms with van der Waals surface area (Å²) in [5.41, 5.74) is 12.7. The number of hydrogen-bond acceptors (Lipinski definition) is 6. The molecular formula is C29H44BF2N7. The van der Waals surface area contributed by atoms with Gasteiger partial charge in [0.2, 0.25) is 12.4 Å². The molecule has 0 saturated heterocycles. The molecule has 1 fully saturated rings. The third kappa shape index (κ3) is 10.4. The van der Waals surface area contributed by atoms with Crippen LogP contribution in [0.4, 0.5) is 20.4 Å². The van der Waals surface area contributed by atoms with Crippen molar-refractivity contribution in [3.05, 3.63) is 42.4 Å². The Labute approximate surface area is 233 Å². The van der Waals surface area contributed by atoms with Gasteiger partial charge in [-0.2, -0.15) is 0 Å². The molecule has 3 N–H and O–H groups in total. The Morgan fingerprint density at radius 1 is 1.28 bits per heavy atom. The number of alkyl halides is 2. The zero-order valence-electron chi connectivity index (χ0n) is 24.9. The van der Waals surface area contributed by atoms with Gasteiger partial charge in [0, 0.05) is 28.9 Å². The molecule has 1 aliphatic rings. The lowest BCUT2D eigenvalue weighted by Gasteiger charge is -2.45. The van der Waals surface area contributed by atoms with Crippen LogP contribution < -0.4 is 16.6 Å². The summed E-state index contributed by atoms with van der Waals surface area (Å²) in [6.07, 6.45) is 2.09. The van der Waals surface area contributed by atoms with Gasteiger partial charge in [0.1, 0.15) is 7.85 Å². The Hall–Kier alpha value is -3.30. The number of allylic oxidation sites excluding steroid dienone is 1. The first-order valence-corrected chi connectivity index (χ1v) is 13.4. The summed E-state index contributed by atoms with van der Waals surface area (Å²) >= 11 is 0. The molecular weight excluding hydrogens is 495 g/mol. The number of aryl methyl sites for hydroxylation is 1. The largest absolute Gasteiger partial charge is 0.384 e. The number of fused-ring (bicyclic) bond motifs is 1. The number of aliphatic imine (C=N–C) groups is 1. The molecule has 0 bridgehead atoms. The predicted octanol–water partition coefficient (Wildman–Crippen LogP) is 6.57. The summed E-state index contributed by atoms with van der Waals surface area (Å²) in [4.78, 5) is 13.1. The van der Waals surface area contributed by atoms with Crippen molar-refractivity contribution in [3.63, 3.8) is 0 Å². The lowest BCUT2D eigenvalue weighted by atomic mass is 9.70. The molecule has 1 aliphatic carbocycles. The summed E-state index contributed by atoms with van der Waals surface area (Å²) in [6, 6.07) is 5.68. The number of anilines is 1. The van der Waals surface area contributed by atoms with E-state index >= 15 is 0 Å². The van der Waals surface area contributed by atoms with E-state index < -0.39 is 6.43 Å². The third-order valence-corrected chi connectivity index (χ3v) is 5.66. The Balaban J connectivity index is 0.000000371. The number of rotatable bonds is 5. The van der Waals surface area contributed by atoms with Gasteiger partial charge in [-0.05, 0) is 77.2 Å². The number of nitrogens with one attached hydrogen (secondary N) is 1. The number of halogens is 2. The van der Waals surface area contributed by atoms with Gasteiger partial charge >= 0.3 is 0 Å². The summed E-state index contributed by atoms with van der Waals surface area (Å²) in [6.45, 7) is 21.7. The third-order valence-electron chi connectivity index (χ3n) is 5.66. The highest BCUT2D eigenvalue weighted by Gasteiger charge is 2.36. The van der Waals surface area contributed by atoms with E-state index in [1.165, 1.54) is 19.8 Å². The van der Waals surface area contributed by atoms with Crippen LogP contribution in [0.15, 0.2) is 41.7 Å². The maximum Gasteiger partial charge on any atom is 0.238 e. The Morgan fingerprint density at radius 3 is 2.33 bits per heavy atom. The maximum atomic E-state index is 10.8. The maximum absolute atomic E-state index is 10.8. The highest BCUT2D eigenvalue weighted by Crippen LogP contribution is 2.37. The minimum atomic E-state index is -2.12. The molecule has 4 rings (SSSR count). The molecule has 3 aromatic rings. The van der Waals surface area contributed by atoms with Crippen LogP contribution in [0.25, 0.3) is 16.8 Å².